The Morgan fingerprint density at radius 3 is 2.88 bits per heavy atom. The van der Waals surface area contributed by atoms with E-state index in [1.54, 1.807) is 11.8 Å². The van der Waals surface area contributed by atoms with Gasteiger partial charge in [0.05, 0.1) is 0 Å². The number of amidine groups is 1. The Bertz CT molecular complexity index is 370. The van der Waals surface area contributed by atoms with E-state index in [2.05, 4.69) is 17.2 Å². The molecule has 2 fully saturated rings. The number of carbonyl (C=O) groups is 2. The second-order valence-corrected chi connectivity index (χ2v) is 5.55. The van der Waals surface area contributed by atoms with Crippen molar-refractivity contribution in [3.05, 3.63) is 0 Å². The van der Waals surface area contributed by atoms with Crippen molar-refractivity contribution in [2.24, 2.45) is 4.99 Å². The predicted molar refractivity (Wildman–Crippen MR) is 67.9 cm³/mol. The summed E-state index contributed by atoms with van der Waals surface area (Å²) in [4.78, 5) is 28.8. The number of likely N-dealkylation sites (N-methyl/N-ethyl adjacent to an activating group) is 1. The highest BCUT2D eigenvalue weighted by atomic mass is 32.2. The number of imide groups is 1. The van der Waals surface area contributed by atoms with E-state index in [4.69, 9.17) is 0 Å². The lowest BCUT2D eigenvalue weighted by Gasteiger charge is -2.27. The minimum absolute atomic E-state index is 0.107. The monoisotopic (exact) mass is 255 g/mol. The summed E-state index contributed by atoms with van der Waals surface area (Å²) in [6, 6.07) is 0.0195. The number of hydrogen-bond donors (Lipinski definition) is 1. The van der Waals surface area contributed by atoms with Gasteiger partial charge >= 0.3 is 0 Å². The van der Waals surface area contributed by atoms with E-state index in [0.717, 1.165) is 17.3 Å². The first-order chi connectivity index (χ1) is 8.08. The average Bonchev–Trinajstić information content (AvgIpc) is 2.30. The lowest BCUT2D eigenvalue weighted by molar-refractivity contribution is -0.147. The summed E-state index contributed by atoms with van der Waals surface area (Å²) in [6.07, 6.45) is 2.05. The molecule has 2 amide bonds. The van der Waals surface area contributed by atoms with Crippen LogP contribution in [0.1, 0.15) is 26.2 Å². The van der Waals surface area contributed by atoms with Gasteiger partial charge in [-0.1, -0.05) is 11.8 Å². The summed E-state index contributed by atoms with van der Waals surface area (Å²) >= 11 is 1.65. The van der Waals surface area contributed by atoms with Crippen LogP contribution < -0.4 is 5.32 Å². The number of nitrogens with zero attached hydrogens (tertiary/aromatic N) is 2. The minimum Gasteiger partial charge on any atom is -0.362 e. The molecule has 0 aromatic heterocycles. The maximum atomic E-state index is 11.9. The van der Waals surface area contributed by atoms with Gasteiger partial charge in [0.2, 0.25) is 5.91 Å². The zero-order valence-electron chi connectivity index (χ0n) is 10.1. The predicted octanol–water partition coefficient (Wildman–Crippen LogP) is 0.605. The van der Waals surface area contributed by atoms with Crippen LogP contribution in [-0.2, 0) is 9.59 Å². The van der Waals surface area contributed by atoms with Crippen molar-refractivity contribution in [1.82, 2.24) is 10.2 Å². The molecule has 2 rings (SSSR count). The molecule has 1 N–H and O–H groups in total. The number of likely N-dealkylation sites (tertiary alicyclic amines) is 1. The Morgan fingerprint density at radius 1 is 1.41 bits per heavy atom. The maximum Gasteiger partial charge on any atom is 0.253 e. The number of thioether (sulfide) groups is 1. The van der Waals surface area contributed by atoms with Crippen LogP contribution in [0.3, 0.4) is 0 Å². The van der Waals surface area contributed by atoms with E-state index in [9.17, 15) is 9.59 Å². The lowest BCUT2D eigenvalue weighted by Crippen LogP contribution is -2.46. The molecular formula is C11H17N3O2S. The van der Waals surface area contributed by atoms with Crippen molar-refractivity contribution >= 4 is 28.7 Å². The summed E-state index contributed by atoms with van der Waals surface area (Å²) in [7, 11) is 1.53. The fourth-order valence-electron chi connectivity index (χ4n) is 1.89. The van der Waals surface area contributed by atoms with E-state index in [1.807, 2.05) is 0 Å². The second kappa shape index (κ2) is 5.08. The maximum absolute atomic E-state index is 11.9. The molecule has 5 nitrogen and oxygen atoms in total. The summed E-state index contributed by atoms with van der Waals surface area (Å²) in [5, 5.41) is 4.11. The molecule has 6 heteroatoms. The molecule has 17 heavy (non-hydrogen) atoms. The van der Waals surface area contributed by atoms with Gasteiger partial charge in [-0.2, -0.15) is 0 Å². The Morgan fingerprint density at radius 2 is 2.18 bits per heavy atom. The van der Waals surface area contributed by atoms with Crippen molar-refractivity contribution in [3.8, 4) is 0 Å². The average molecular weight is 255 g/mol. The van der Waals surface area contributed by atoms with Crippen molar-refractivity contribution in [1.29, 1.82) is 0 Å². The molecule has 0 bridgehead atoms. The Balaban J connectivity index is 2.05. The zero-order chi connectivity index (χ0) is 12.4. The van der Waals surface area contributed by atoms with Crippen LogP contribution >= 0.6 is 11.8 Å². The fourth-order valence-corrected chi connectivity index (χ4v) is 3.04. The quantitative estimate of drug-likeness (QED) is 0.697. The smallest absolute Gasteiger partial charge is 0.253 e. The van der Waals surface area contributed by atoms with E-state index < -0.39 is 6.04 Å². The largest absolute Gasteiger partial charge is 0.362 e. The van der Waals surface area contributed by atoms with Crippen LogP contribution in [0.15, 0.2) is 4.99 Å². The number of piperidine rings is 1. The third kappa shape index (κ3) is 2.80. The normalized spacial score (nSPS) is 32.8. The van der Waals surface area contributed by atoms with Crippen LogP contribution in [0.5, 0.6) is 0 Å². The number of hydrogen-bond acceptors (Lipinski definition) is 4. The Kier molecular flexibility index (Phi) is 3.71. The van der Waals surface area contributed by atoms with Crippen LogP contribution in [0, 0.1) is 0 Å². The summed E-state index contributed by atoms with van der Waals surface area (Å²) in [5.41, 5.74) is 0. The standard InChI is InChI=1S/C11H17N3O2S/c1-7-5-6-17-11(12-7)13-8-3-4-9(15)14(2)10(8)16/h7-8H,3-6H2,1-2H3,(H,12,13). The van der Waals surface area contributed by atoms with Crippen LogP contribution in [0.4, 0.5) is 0 Å². The van der Waals surface area contributed by atoms with Crippen molar-refractivity contribution in [2.75, 3.05) is 12.8 Å². The van der Waals surface area contributed by atoms with Gasteiger partial charge in [-0.25, -0.2) is 4.99 Å². The zero-order valence-corrected chi connectivity index (χ0v) is 10.9. The fraction of sp³-hybridized carbons (Fsp3) is 0.727. The number of carbonyl (C=O) groups excluding carboxylic acids is 2. The molecule has 2 aliphatic heterocycles. The summed E-state index contributed by atoms with van der Waals surface area (Å²) in [6.45, 7) is 2.10. The van der Waals surface area contributed by atoms with Gasteiger partial charge in [-0.15, -0.1) is 0 Å². The van der Waals surface area contributed by atoms with Crippen molar-refractivity contribution < 1.29 is 9.59 Å². The van der Waals surface area contributed by atoms with E-state index in [0.29, 0.717) is 18.9 Å². The highest BCUT2D eigenvalue weighted by Gasteiger charge is 2.32. The summed E-state index contributed by atoms with van der Waals surface area (Å²) in [5.74, 6) is 0.737. The minimum atomic E-state index is -0.391. The van der Waals surface area contributed by atoms with E-state index in [1.165, 1.54) is 11.9 Å². The molecule has 2 atom stereocenters. The van der Waals surface area contributed by atoms with Gasteiger partial charge in [-0.3, -0.25) is 14.5 Å². The first kappa shape index (κ1) is 12.4. The number of aliphatic imine (C=N–C) groups is 1. The number of nitrogens with one attached hydrogen (secondary N) is 1. The molecule has 0 aliphatic carbocycles. The van der Waals surface area contributed by atoms with Gasteiger partial charge < -0.3 is 5.32 Å². The first-order valence-electron chi connectivity index (χ1n) is 5.85. The van der Waals surface area contributed by atoms with Crippen molar-refractivity contribution in [3.63, 3.8) is 0 Å². The van der Waals surface area contributed by atoms with Gasteiger partial charge in [0.25, 0.3) is 5.91 Å². The highest BCUT2D eigenvalue weighted by Crippen LogP contribution is 2.19. The lowest BCUT2D eigenvalue weighted by atomic mass is 10.1. The van der Waals surface area contributed by atoms with E-state index in [-0.39, 0.29) is 11.8 Å². The van der Waals surface area contributed by atoms with Gasteiger partial charge in [-0.05, 0) is 19.8 Å². The van der Waals surface area contributed by atoms with Crippen LogP contribution in [0.2, 0.25) is 0 Å². The number of rotatable bonds is 1. The number of amides is 2. The topological polar surface area (TPSA) is 61.8 Å². The molecule has 0 spiro atoms. The Labute approximate surface area is 105 Å². The molecule has 2 heterocycles. The third-order valence-corrected chi connectivity index (χ3v) is 3.99. The third-order valence-electron chi connectivity index (χ3n) is 3.05. The molecule has 2 unspecified atom stereocenters. The summed E-state index contributed by atoms with van der Waals surface area (Å²) < 4.78 is 0. The molecule has 2 aliphatic rings. The second-order valence-electron chi connectivity index (χ2n) is 4.46. The first-order valence-corrected chi connectivity index (χ1v) is 6.84. The van der Waals surface area contributed by atoms with Gasteiger partial charge in [0, 0.05) is 25.3 Å². The molecular weight excluding hydrogens is 238 g/mol. The van der Waals surface area contributed by atoms with Crippen LogP contribution in [-0.4, -0.2) is 46.8 Å². The highest BCUT2D eigenvalue weighted by molar-refractivity contribution is 8.13. The van der Waals surface area contributed by atoms with Gasteiger partial charge in [0.1, 0.15) is 6.04 Å². The molecule has 94 valence electrons. The molecule has 0 aromatic carbocycles. The Hall–Kier alpha value is -1.04. The van der Waals surface area contributed by atoms with Gasteiger partial charge in [0.15, 0.2) is 5.17 Å². The van der Waals surface area contributed by atoms with Crippen LogP contribution in [0.25, 0.3) is 0 Å². The molecule has 0 saturated carbocycles. The molecule has 0 radical (unpaired) electrons. The SMILES string of the molecule is CC1CCSC(=NC2CCC(=O)N(C)C2=O)N1. The molecule has 2 saturated heterocycles. The molecule has 0 aromatic rings. The van der Waals surface area contributed by atoms with E-state index >= 15 is 0 Å². The van der Waals surface area contributed by atoms with Crippen molar-refractivity contribution in [2.45, 2.75) is 38.3 Å².